The first-order valence-electron chi connectivity index (χ1n) is 5.17. The summed E-state index contributed by atoms with van der Waals surface area (Å²) >= 11 is 0. The van der Waals surface area contributed by atoms with Crippen LogP contribution in [0.4, 0.5) is 0 Å². The lowest BCUT2D eigenvalue weighted by molar-refractivity contribution is -0.160. The van der Waals surface area contributed by atoms with Crippen molar-refractivity contribution in [1.29, 1.82) is 0 Å². The fraction of sp³-hybridized carbons (Fsp3) is 0.800. The molecular weight excluding hydrogens is 198 g/mol. The van der Waals surface area contributed by atoms with E-state index >= 15 is 0 Å². The molecule has 1 atom stereocenters. The van der Waals surface area contributed by atoms with Gasteiger partial charge in [0, 0.05) is 19.7 Å². The highest BCUT2D eigenvalue weighted by molar-refractivity contribution is 6.32. The van der Waals surface area contributed by atoms with E-state index in [1.165, 1.54) is 12.0 Å². The Balaban J connectivity index is 2.48. The van der Waals surface area contributed by atoms with Gasteiger partial charge in [0.1, 0.15) is 0 Å². The van der Waals surface area contributed by atoms with Crippen molar-refractivity contribution in [3.05, 3.63) is 0 Å². The number of amides is 1. The van der Waals surface area contributed by atoms with Crippen molar-refractivity contribution in [2.24, 2.45) is 0 Å². The van der Waals surface area contributed by atoms with Gasteiger partial charge >= 0.3 is 11.9 Å². The SMILES string of the molecule is CCOC1CCCN(C(=O)C(=O)OC)C1. The number of likely N-dealkylation sites (tertiary alicyclic amines) is 1. The lowest BCUT2D eigenvalue weighted by Crippen LogP contribution is -2.46. The molecule has 1 fully saturated rings. The van der Waals surface area contributed by atoms with Gasteiger partial charge in [-0.2, -0.15) is 0 Å². The maximum atomic E-state index is 11.5. The number of hydrogen-bond donors (Lipinski definition) is 0. The van der Waals surface area contributed by atoms with E-state index in [-0.39, 0.29) is 6.10 Å². The molecular formula is C10H17NO4. The molecule has 0 aliphatic carbocycles. The lowest BCUT2D eigenvalue weighted by Gasteiger charge is -2.31. The molecule has 86 valence electrons. The van der Waals surface area contributed by atoms with Gasteiger partial charge in [0.05, 0.1) is 13.2 Å². The van der Waals surface area contributed by atoms with Crippen LogP contribution < -0.4 is 0 Å². The summed E-state index contributed by atoms with van der Waals surface area (Å²) in [6.45, 7) is 3.64. The van der Waals surface area contributed by atoms with E-state index < -0.39 is 11.9 Å². The minimum atomic E-state index is -0.799. The van der Waals surface area contributed by atoms with Crippen LogP contribution in [0.5, 0.6) is 0 Å². The van der Waals surface area contributed by atoms with Crippen molar-refractivity contribution in [2.75, 3.05) is 26.8 Å². The minimum Gasteiger partial charge on any atom is -0.462 e. The number of esters is 1. The quantitative estimate of drug-likeness (QED) is 0.487. The van der Waals surface area contributed by atoms with Crippen LogP contribution in [0.3, 0.4) is 0 Å². The first-order valence-corrected chi connectivity index (χ1v) is 5.17. The number of hydrogen-bond acceptors (Lipinski definition) is 4. The Bertz CT molecular complexity index is 240. The summed E-state index contributed by atoms with van der Waals surface area (Å²) < 4.78 is 9.82. The molecule has 1 aliphatic heterocycles. The van der Waals surface area contributed by atoms with Crippen molar-refractivity contribution < 1.29 is 19.1 Å². The van der Waals surface area contributed by atoms with E-state index in [1.807, 2.05) is 6.92 Å². The summed E-state index contributed by atoms with van der Waals surface area (Å²) in [5.74, 6) is -1.37. The van der Waals surface area contributed by atoms with Gasteiger partial charge in [0.15, 0.2) is 0 Å². The zero-order valence-corrected chi connectivity index (χ0v) is 9.19. The molecule has 0 N–H and O–H groups in total. The molecule has 5 nitrogen and oxygen atoms in total. The van der Waals surface area contributed by atoms with Gasteiger partial charge < -0.3 is 14.4 Å². The van der Waals surface area contributed by atoms with Crippen LogP contribution >= 0.6 is 0 Å². The molecule has 1 heterocycles. The topological polar surface area (TPSA) is 55.8 Å². The van der Waals surface area contributed by atoms with E-state index in [4.69, 9.17) is 4.74 Å². The lowest BCUT2D eigenvalue weighted by atomic mass is 10.1. The highest BCUT2D eigenvalue weighted by Crippen LogP contribution is 2.13. The number of carbonyl (C=O) groups excluding carboxylic acids is 2. The average Bonchev–Trinajstić information content (AvgIpc) is 2.28. The molecule has 1 unspecified atom stereocenters. The number of rotatable bonds is 2. The Morgan fingerprint density at radius 3 is 2.80 bits per heavy atom. The molecule has 1 aliphatic rings. The fourth-order valence-electron chi connectivity index (χ4n) is 1.71. The third-order valence-corrected chi connectivity index (χ3v) is 2.43. The summed E-state index contributed by atoms with van der Waals surface area (Å²) in [4.78, 5) is 24.0. The molecule has 0 aromatic heterocycles. The summed E-state index contributed by atoms with van der Waals surface area (Å²) in [6.07, 6.45) is 1.86. The van der Waals surface area contributed by atoms with Crippen LogP contribution in [-0.2, 0) is 19.1 Å². The zero-order valence-electron chi connectivity index (χ0n) is 9.19. The molecule has 1 saturated heterocycles. The number of carbonyl (C=O) groups is 2. The first kappa shape index (κ1) is 12.0. The number of piperidine rings is 1. The number of methoxy groups -OCH3 is 1. The second-order valence-corrected chi connectivity index (χ2v) is 3.46. The molecule has 0 aromatic carbocycles. The average molecular weight is 215 g/mol. The van der Waals surface area contributed by atoms with Crippen LogP contribution in [0.1, 0.15) is 19.8 Å². The predicted octanol–water partition coefficient (Wildman–Crippen LogP) is 0.187. The van der Waals surface area contributed by atoms with Crippen molar-refractivity contribution in [3.63, 3.8) is 0 Å². The summed E-state index contributed by atoms with van der Waals surface area (Å²) in [6, 6.07) is 0. The van der Waals surface area contributed by atoms with E-state index in [1.54, 1.807) is 0 Å². The second kappa shape index (κ2) is 5.70. The standard InChI is InChI=1S/C10H17NO4/c1-3-15-8-5-4-6-11(7-8)9(12)10(13)14-2/h8H,3-7H2,1-2H3. The molecule has 0 radical (unpaired) electrons. The molecule has 0 spiro atoms. The number of ether oxygens (including phenoxy) is 2. The molecule has 1 rings (SSSR count). The Kier molecular flexibility index (Phi) is 4.55. The second-order valence-electron chi connectivity index (χ2n) is 3.46. The Morgan fingerprint density at radius 2 is 2.20 bits per heavy atom. The normalized spacial score (nSPS) is 21.2. The zero-order chi connectivity index (χ0) is 11.3. The Morgan fingerprint density at radius 1 is 1.47 bits per heavy atom. The van der Waals surface area contributed by atoms with Gasteiger partial charge in [0.2, 0.25) is 0 Å². The monoisotopic (exact) mass is 215 g/mol. The predicted molar refractivity (Wildman–Crippen MR) is 53.2 cm³/mol. The van der Waals surface area contributed by atoms with E-state index in [0.717, 1.165) is 12.8 Å². The highest BCUT2D eigenvalue weighted by Gasteiger charge is 2.28. The third kappa shape index (κ3) is 3.20. The maximum absolute atomic E-state index is 11.5. The van der Waals surface area contributed by atoms with Crippen molar-refractivity contribution >= 4 is 11.9 Å². The van der Waals surface area contributed by atoms with Crippen molar-refractivity contribution in [2.45, 2.75) is 25.9 Å². The molecule has 0 saturated carbocycles. The van der Waals surface area contributed by atoms with Crippen LogP contribution in [0.2, 0.25) is 0 Å². The summed E-state index contributed by atoms with van der Waals surface area (Å²) in [5, 5.41) is 0. The molecule has 0 bridgehead atoms. The van der Waals surface area contributed by atoms with Gasteiger partial charge in [-0.1, -0.05) is 0 Å². The largest absolute Gasteiger partial charge is 0.462 e. The van der Waals surface area contributed by atoms with Crippen LogP contribution in [0.25, 0.3) is 0 Å². The van der Waals surface area contributed by atoms with Gasteiger partial charge in [-0.3, -0.25) is 4.79 Å². The van der Waals surface area contributed by atoms with E-state index in [9.17, 15) is 9.59 Å². The minimum absolute atomic E-state index is 0.0531. The van der Waals surface area contributed by atoms with Crippen LogP contribution in [0.15, 0.2) is 0 Å². The first-order chi connectivity index (χ1) is 7.19. The number of nitrogens with zero attached hydrogens (tertiary/aromatic N) is 1. The fourth-order valence-corrected chi connectivity index (χ4v) is 1.71. The summed E-state index contributed by atoms with van der Waals surface area (Å²) in [7, 11) is 1.21. The van der Waals surface area contributed by atoms with Crippen LogP contribution in [-0.4, -0.2) is 49.7 Å². The van der Waals surface area contributed by atoms with Crippen molar-refractivity contribution in [1.82, 2.24) is 4.90 Å². The van der Waals surface area contributed by atoms with Gasteiger partial charge in [-0.15, -0.1) is 0 Å². The molecule has 15 heavy (non-hydrogen) atoms. The van der Waals surface area contributed by atoms with E-state index in [0.29, 0.717) is 19.7 Å². The van der Waals surface area contributed by atoms with Gasteiger partial charge in [-0.05, 0) is 19.8 Å². The molecule has 5 heteroatoms. The van der Waals surface area contributed by atoms with Crippen LogP contribution in [0, 0.1) is 0 Å². The Labute approximate surface area is 89.3 Å². The van der Waals surface area contributed by atoms with Crippen molar-refractivity contribution in [3.8, 4) is 0 Å². The highest BCUT2D eigenvalue weighted by atomic mass is 16.5. The third-order valence-electron chi connectivity index (χ3n) is 2.43. The smallest absolute Gasteiger partial charge is 0.396 e. The maximum Gasteiger partial charge on any atom is 0.396 e. The molecule has 1 amide bonds. The van der Waals surface area contributed by atoms with Gasteiger partial charge in [-0.25, -0.2) is 4.79 Å². The Hall–Kier alpha value is -1.10. The molecule has 0 aromatic rings. The summed E-state index contributed by atoms with van der Waals surface area (Å²) in [5.41, 5.74) is 0. The van der Waals surface area contributed by atoms with Gasteiger partial charge in [0.25, 0.3) is 0 Å². The van der Waals surface area contributed by atoms with E-state index in [2.05, 4.69) is 4.74 Å².